The maximum Gasteiger partial charge on any atom is 0.310 e. The molecule has 0 saturated heterocycles. The smallest absolute Gasteiger partial charge is 0.310 e. The normalized spacial score (nSPS) is 18.0. The molecule has 3 unspecified atom stereocenters. The van der Waals surface area contributed by atoms with E-state index in [-0.39, 0.29) is 24.4 Å². The zero-order chi connectivity index (χ0) is 34.4. The average molecular weight is 727 g/mol. The van der Waals surface area contributed by atoms with Crippen LogP contribution in [-0.4, -0.2) is 56.9 Å². The van der Waals surface area contributed by atoms with Crippen LogP contribution in [0.25, 0.3) is 0 Å². The van der Waals surface area contributed by atoms with Crippen molar-refractivity contribution in [1.82, 2.24) is 15.0 Å². The van der Waals surface area contributed by atoms with E-state index in [1.807, 2.05) is 36.9 Å². The standard InChI is InChI=1S/C34H49Cl2N5O4S2/c1-6-7-16-34(5,37)29-21-41(40-39-29)17-9-8-10-18-44-38-20-25(19-30(43)45-24(4)13-11-12-23(2)3)31-28(22-42)46-32-26(35)14-15-27(36)33(32)47-31/h11,13-15,20-21,23-24,28,42H,6-10,12,16-19,22,37H2,1-5H3/b13-11-,31-25-,38-20+. The number of aliphatic hydroxyl groups is 1. The summed E-state index contributed by atoms with van der Waals surface area (Å²) < 4.78 is 7.52. The second-order valence-electron chi connectivity index (χ2n) is 12.4. The van der Waals surface area contributed by atoms with E-state index in [1.165, 1.54) is 23.5 Å². The van der Waals surface area contributed by atoms with E-state index >= 15 is 0 Å². The molecule has 13 heteroatoms. The van der Waals surface area contributed by atoms with Crippen LogP contribution < -0.4 is 5.73 Å². The molecule has 2 aromatic rings. The van der Waals surface area contributed by atoms with Crippen LogP contribution in [0.4, 0.5) is 0 Å². The van der Waals surface area contributed by atoms with Crippen LogP contribution in [0.3, 0.4) is 0 Å². The Morgan fingerprint density at radius 3 is 2.64 bits per heavy atom. The first kappa shape index (κ1) is 39.4. The van der Waals surface area contributed by atoms with Crippen molar-refractivity contribution >= 4 is 58.9 Å². The van der Waals surface area contributed by atoms with Crippen LogP contribution in [-0.2, 0) is 26.5 Å². The molecule has 3 atom stereocenters. The third kappa shape index (κ3) is 12.7. The van der Waals surface area contributed by atoms with Crippen LogP contribution in [0, 0.1) is 5.92 Å². The molecule has 0 bridgehead atoms. The van der Waals surface area contributed by atoms with Gasteiger partial charge in [0, 0.05) is 21.2 Å². The number of aromatic nitrogens is 3. The van der Waals surface area contributed by atoms with Crippen molar-refractivity contribution < 1.29 is 19.5 Å². The Hall–Kier alpha value is -2.02. The van der Waals surface area contributed by atoms with E-state index in [0.29, 0.717) is 28.1 Å². The maximum absolute atomic E-state index is 13.1. The molecule has 1 aliphatic heterocycles. The third-order valence-electron chi connectivity index (χ3n) is 7.51. The van der Waals surface area contributed by atoms with Gasteiger partial charge in [0.25, 0.3) is 0 Å². The van der Waals surface area contributed by atoms with Crippen LogP contribution in [0.1, 0.15) is 91.7 Å². The van der Waals surface area contributed by atoms with Crippen molar-refractivity contribution in [3.8, 4) is 0 Å². The molecule has 0 radical (unpaired) electrons. The van der Waals surface area contributed by atoms with Gasteiger partial charge in [-0.3, -0.25) is 9.48 Å². The Balaban J connectivity index is 1.62. The lowest BCUT2D eigenvalue weighted by Crippen LogP contribution is -2.33. The highest BCUT2D eigenvalue weighted by molar-refractivity contribution is 8.09. The molecule has 0 fully saturated rings. The summed E-state index contributed by atoms with van der Waals surface area (Å²) in [5.74, 6) is 0.119. The molecule has 0 aliphatic carbocycles. The summed E-state index contributed by atoms with van der Waals surface area (Å²) in [4.78, 5) is 21.0. The van der Waals surface area contributed by atoms with Gasteiger partial charge in [-0.2, -0.15) is 0 Å². The highest BCUT2D eigenvalue weighted by Gasteiger charge is 2.31. The SMILES string of the molecule is CCCCC(C)(N)c1cn(CCCCCO/N=C/C(CC(=O)OC(C)/C=C\CC(C)C)=C2\Sc3c(Cl)ccc(Cl)c3SC2CO)nn1. The maximum atomic E-state index is 13.1. The average Bonchev–Trinajstić information content (AvgIpc) is 3.52. The van der Waals surface area contributed by atoms with Crippen LogP contribution in [0.5, 0.6) is 0 Å². The highest BCUT2D eigenvalue weighted by atomic mass is 35.5. The second-order valence-corrected chi connectivity index (χ2v) is 15.5. The third-order valence-corrected chi connectivity index (χ3v) is 11.4. The second kappa shape index (κ2) is 19.8. The molecule has 0 amide bonds. The number of hydrogen-bond acceptors (Lipinski definition) is 10. The minimum Gasteiger partial charge on any atom is -0.458 e. The predicted octanol–water partition coefficient (Wildman–Crippen LogP) is 8.56. The number of thioether (sulfide) groups is 2. The van der Waals surface area contributed by atoms with Gasteiger partial charge in [-0.05, 0) is 75.7 Å². The fraction of sp³-hybridized carbons (Fsp3) is 0.588. The van der Waals surface area contributed by atoms with Crippen molar-refractivity contribution in [2.75, 3.05) is 13.2 Å². The Morgan fingerprint density at radius 2 is 1.94 bits per heavy atom. The van der Waals surface area contributed by atoms with Crippen molar-refractivity contribution in [3.05, 3.63) is 56.7 Å². The van der Waals surface area contributed by atoms with Crippen molar-refractivity contribution in [3.63, 3.8) is 0 Å². The molecule has 9 nitrogen and oxygen atoms in total. The van der Waals surface area contributed by atoms with Gasteiger partial charge in [-0.25, -0.2) is 0 Å². The zero-order valence-corrected chi connectivity index (χ0v) is 31.2. The number of benzene rings is 1. The van der Waals surface area contributed by atoms with Gasteiger partial charge < -0.3 is 20.4 Å². The molecule has 2 heterocycles. The van der Waals surface area contributed by atoms with E-state index in [4.69, 9.17) is 38.5 Å². The Kier molecular flexibility index (Phi) is 16.6. The molecule has 1 aliphatic rings. The van der Waals surface area contributed by atoms with E-state index in [9.17, 15) is 9.90 Å². The first-order valence-corrected chi connectivity index (χ1v) is 18.8. The van der Waals surface area contributed by atoms with Gasteiger partial charge >= 0.3 is 5.97 Å². The highest BCUT2D eigenvalue weighted by Crippen LogP contribution is 2.53. The largest absolute Gasteiger partial charge is 0.458 e. The molecular formula is C34H49Cl2N5O4S2. The number of ether oxygens (including phenoxy) is 1. The number of fused-ring (bicyclic) bond motifs is 1. The molecule has 3 N–H and O–H groups in total. The number of allylic oxidation sites excluding steroid dienone is 1. The summed E-state index contributed by atoms with van der Waals surface area (Å²) in [7, 11) is 0. The Morgan fingerprint density at radius 1 is 1.19 bits per heavy atom. The number of oxime groups is 1. The molecule has 1 aromatic heterocycles. The quantitative estimate of drug-likeness (QED) is 0.0482. The fourth-order valence-corrected chi connectivity index (χ4v) is 8.08. The van der Waals surface area contributed by atoms with Gasteiger partial charge in [-0.15, -0.1) is 16.9 Å². The topological polar surface area (TPSA) is 125 Å². The van der Waals surface area contributed by atoms with E-state index in [2.05, 4.69) is 36.2 Å². The summed E-state index contributed by atoms with van der Waals surface area (Å²) in [6, 6.07) is 3.49. The lowest BCUT2D eigenvalue weighted by Gasteiger charge is -2.28. The molecule has 47 heavy (non-hydrogen) atoms. The van der Waals surface area contributed by atoms with Gasteiger partial charge in [0.15, 0.2) is 0 Å². The van der Waals surface area contributed by atoms with Gasteiger partial charge in [-0.1, -0.05) is 85.0 Å². The van der Waals surface area contributed by atoms with Crippen LogP contribution in [0.15, 0.2) is 55.9 Å². The van der Waals surface area contributed by atoms with Gasteiger partial charge in [0.2, 0.25) is 0 Å². The first-order chi connectivity index (χ1) is 22.4. The van der Waals surface area contributed by atoms with E-state index in [0.717, 1.165) is 71.9 Å². The minimum absolute atomic E-state index is 0.0394. The number of unbranched alkanes of at least 4 members (excludes halogenated alkanes) is 3. The molecular weight excluding hydrogens is 677 g/mol. The number of aliphatic hydroxyl groups excluding tert-OH is 1. The number of hydrogen-bond donors (Lipinski definition) is 2. The molecule has 260 valence electrons. The number of nitrogens with zero attached hydrogens (tertiary/aromatic N) is 4. The Labute approximate surface area is 298 Å². The monoisotopic (exact) mass is 725 g/mol. The van der Waals surface area contributed by atoms with E-state index in [1.54, 1.807) is 18.3 Å². The van der Waals surface area contributed by atoms with Crippen LogP contribution >= 0.6 is 46.7 Å². The van der Waals surface area contributed by atoms with Gasteiger partial charge in [0.1, 0.15) is 18.4 Å². The van der Waals surface area contributed by atoms with E-state index < -0.39 is 11.5 Å². The van der Waals surface area contributed by atoms with Crippen molar-refractivity contribution in [2.24, 2.45) is 16.8 Å². The molecule has 3 rings (SSSR count). The lowest BCUT2D eigenvalue weighted by atomic mass is 9.93. The first-order valence-electron chi connectivity index (χ1n) is 16.3. The van der Waals surface area contributed by atoms with Crippen molar-refractivity contribution in [2.45, 2.75) is 119 Å². The zero-order valence-electron chi connectivity index (χ0n) is 28.1. The molecule has 0 saturated carbocycles. The fourth-order valence-electron chi connectivity index (χ4n) is 4.78. The number of halogens is 2. The summed E-state index contributed by atoms with van der Waals surface area (Å²) in [5, 5.41) is 23.8. The van der Waals surface area contributed by atoms with Crippen molar-refractivity contribution in [1.29, 1.82) is 0 Å². The number of rotatable bonds is 19. The number of aryl methyl sites for hydroxylation is 1. The minimum atomic E-state index is -0.470. The number of esters is 1. The van der Waals surface area contributed by atoms with Crippen LogP contribution in [0.2, 0.25) is 10.0 Å². The molecule has 0 spiro atoms. The number of carbonyl (C=O) groups is 1. The summed E-state index contributed by atoms with van der Waals surface area (Å²) in [5.41, 5.74) is 7.40. The number of nitrogens with two attached hydrogens (primary N) is 1. The Bertz CT molecular complexity index is 1400. The van der Waals surface area contributed by atoms with Gasteiger partial charge in [0.05, 0.1) is 46.3 Å². The number of carbonyl (C=O) groups excluding carboxylic acids is 1. The summed E-state index contributed by atoms with van der Waals surface area (Å²) >= 11 is 15.8. The lowest BCUT2D eigenvalue weighted by molar-refractivity contribution is -0.145. The predicted molar refractivity (Wildman–Crippen MR) is 194 cm³/mol. The summed E-state index contributed by atoms with van der Waals surface area (Å²) in [6.45, 7) is 11.3. The summed E-state index contributed by atoms with van der Waals surface area (Å²) in [6.07, 6.45) is 13.6. The molecule has 1 aromatic carbocycles.